The lowest BCUT2D eigenvalue weighted by Crippen LogP contribution is -2.44. The van der Waals surface area contributed by atoms with Crippen molar-refractivity contribution in [2.24, 2.45) is 5.92 Å². The summed E-state index contributed by atoms with van der Waals surface area (Å²) in [4.78, 5) is 29.2. The van der Waals surface area contributed by atoms with Crippen molar-refractivity contribution in [3.05, 3.63) is 30.2 Å². The Morgan fingerprint density at radius 3 is 2.96 bits per heavy atom. The van der Waals surface area contributed by atoms with Crippen LogP contribution in [0, 0.1) is 12.8 Å². The highest BCUT2D eigenvalue weighted by Gasteiger charge is 2.28. The van der Waals surface area contributed by atoms with E-state index in [4.69, 9.17) is 9.63 Å². The highest BCUT2D eigenvalue weighted by atomic mass is 16.5. The molecule has 1 aliphatic rings. The van der Waals surface area contributed by atoms with Crippen molar-refractivity contribution < 1.29 is 19.2 Å². The predicted molar refractivity (Wildman–Crippen MR) is 85.4 cm³/mol. The van der Waals surface area contributed by atoms with Crippen LogP contribution in [0.5, 0.6) is 0 Å². The van der Waals surface area contributed by atoms with Gasteiger partial charge in [0.15, 0.2) is 0 Å². The molecule has 2 heterocycles. The number of rotatable bonds is 3. The Labute approximate surface area is 138 Å². The number of amides is 2. The molecule has 1 unspecified atom stereocenters. The average Bonchev–Trinajstić information content (AvgIpc) is 3.02. The van der Waals surface area contributed by atoms with Crippen LogP contribution in [0.2, 0.25) is 0 Å². The van der Waals surface area contributed by atoms with Gasteiger partial charge >= 0.3 is 12.0 Å². The number of benzene rings is 1. The molecule has 2 amide bonds. The number of likely N-dealkylation sites (tertiary alicyclic amines) is 1. The minimum absolute atomic E-state index is 0.227. The van der Waals surface area contributed by atoms with Crippen molar-refractivity contribution in [2.75, 3.05) is 18.4 Å². The van der Waals surface area contributed by atoms with Gasteiger partial charge in [0.05, 0.1) is 5.92 Å². The van der Waals surface area contributed by atoms with Crippen LogP contribution in [0.3, 0.4) is 0 Å². The molecule has 8 heteroatoms. The molecule has 3 rings (SSSR count). The number of carboxylic acids is 1. The van der Waals surface area contributed by atoms with E-state index in [1.54, 1.807) is 25.1 Å². The number of carbonyl (C=O) groups excluding carboxylic acids is 1. The Bertz CT molecular complexity index is 758. The molecule has 2 aromatic rings. The summed E-state index contributed by atoms with van der Waals surface area (Å²) in [6.07, 6.45) is 1.29. The van der Waals surface area contributed by atoms with Gasteiger partial charge in [-0.15, -0.1) is 0 Å². The Kier molecular flexibility index (Phi) is 4.45. The number of hydrogen-bond donors (Lipinski definition) is 2. The number of aliphatic carboxylic acids is 1. The Hall–Kier alpha value is -2.90. The minimum atomic E-state index is -0.859. The zero-order chi connectivity index (χ0) is 17.1. The van der Waals surface area contributed by atoms with Gasteiger partial charge in [0.2, 0.25) is 11.7 Å². The fourth-order valence-corrected chi connectivity index (χ4v) is 2.72. The molecule has 0 bridgehead atoms. The molecule has 126 valence electrons. The van der Waals surface area contributed by atoms with Crippen LogP contribution in [0.25, 0.3) is 11.4 Å². The van der Waals surface area contributed by atoms with E-state index in [2.05, 4.69) is 15.5 Å². The molecular weight excluding hydrogens is 312 g/mol. The van der Waals surface area contributed by atoms with Crippen LogP contribution in [0.1, 0.15) is 18.7 Å². The third kappa shape index (κ3) is 3.53. The maximum absolute atomic E-state index is 12.4. The van der Waals surface area contributed by atoms with Crippen molar-refractivity contribution in [3.8, 4) is 11.4 Å². The average molecular weight is 330 g/mol. The van der Waals surface area contributed by atoms with Crippen LogP contribution in [-0.4, -0.2) is 45.2 Å². The fourth-order valence-electron chi connectivity index (χ4n) is 2.72. The van der Waals surface area contributed by atoms with Crippen LogP contribution in [-0.2, 0) is 4.79 Å². The lowest BCUT2D eigenvalue weighted by molar-refractivity contribution is -0.143. The summed E-state index contributed by atoms with van der Waals surface area (Å²) in [6.45, 7) is 2.49. The number of nitrogens with one attached hydrogen (secondary N) is 1. The summed E-state index contributed by atoms with van der Waals surface area (Å²) >= 11 is 0. The highest BCUT2D eigenvalue weighted by molar-refractivity contribution is 5.90. The lowest BCUT2D eigenvalue weighted by atomic mass is 9.99. The Morgan fingerprint density at radius 1 is 1.42 bits per heavy atom. The van der Waals surface area contributed by atoms with Gasteiger partial charge in [-0.1, -0.05) is 17.3 Å². The van der Waals surface area contributed by atoms with E-state index in [9.17, 15) is 9.59 Å². The van der Waals surface area contributed by atoms with Crippen LogP contribution >= 0.6 is 0 Å². The second-order valence-electron chi connectivity index (χ2n) is 5.77. The zero-order valence-corrected chi connectivity index (χ0v) is 13.2. The number of anilines is 1. The van der Waals surface area contributed by atoms with E-state index in [1.165, 1.54) is 4.90 Å². The molecule has 1 fully saturated rings. The summed E-state index contributed by atoms with van der Waals surface area (Å²) < 4.78 is 4.96. The third-order valence-electron chi connectivity index (χ3n) is 3.96. The molecule has 2 N–H and O–H groups in total. The van der Waals surface area contributed by atoms with Gasteiger partial charge in [-0.3, -0.25) is 4.79 Å². The highest BCUT2D eigenvalue weighted by Crippen LogP contribution is 2.21. The van der Waals surface area contributed by atoms with E-state index >= 15 is 0 Å². The second kappa shape index (κ2) is 6.69. The van der Waals surface area contributed by atoms with Crippen LogP contribution < -0.4 is 5.32 Å². The molecule has 24 heavy (non-hydrogen) atoms. The number of hydrogen-bond acceptors (Lipinski definition) is 5. The number of piperidine rings is 1. The maximum Gasteiger partial charge on any atom is 0.321 e. The van der Waals surface area contributed by atoms with Gasteiger partial charge in [0, 0.05) is 31.3 Å². The number of nitrogens with zero attached hydrogens (tertiary/aromatic N) is 3. The predicted octanol–water partition coefficient (Wildman–Crippen LogP) is 2.37. The van der Waals surface area contributed by atoms with Gasteiger partial charge < -0.3 is 19.8 Å². The topological polar surface area (TPSA) is 109 Å². The fraction of sp³-hybridized carbons (Fsp3) is 0.375. The quantitative estimate of drug-likeness (QED) is 0.894. The first-order valence-electron chi connectivity index (χ1n) is 7.72. The molecular formula is C16H18N4O4. The smallest absolute Gasteiger partial charge is 0.321 e. The van der Waals surface area contributed by atoms with Gasteiger partial charge in [-0.2, -0.15) is 4.98 Å². The molecule has 1 aromatic carbocycles. The standard InChI is InChI=1S/C16H18N4O4/c1-10-17-14(19-24-10)11-4-2-6-13(8-11)18-16(23)20-7-3-5-12(9-20)15(21)22/h2,4,6,8,12H,3,5,7,9H2,1H3,(H,18,23)(H,21,22). The van der Waals surface area contributed by atoms with Crippen molar-refractivity contribution in [3.63, 3.8) is 0 Å². The summed E-state index contributed by atoms with van der Waals surface area (Å²) in [6, 6.07) is 6.81. The number of aryl methyl sites for hydroxylation is 1. The van der Waals surface area contributed by atoms with E-state index in [0.717, 1.165) is 5.56 Å². The van der Waals surface area contributed by atoms with E-state index in [1.807, 2.05) is 6.07 Å². The van der Waals surface area contributed by atoms with Gasteiger partial charge in [0.25, 0.3) is 0 Å². The first-order chi connectivity index (χ1) is 11.5. The Balaban J connectivity index is 1.69. The largest absolute Gasteiger partial charge is 0.481 e. The molecule has 0 aliphatic carbocycles. The van der Waals surface area contributed by atoms with Crippen molar-refractivity contribution in [1.29, 1.82) is 0 Å². The van der Waals surface area contributed by atoms with Crippen molar-refractivity contribution in [2.45, 2.75) is 19.8 Å². The monoisotopic (exact) mass is 330 g/mol. The summed E-state index contributed by atoms with van der Waals surface area (Å²) in [7, 11) is 0. The summed E-state index contributed by atoms with van der Waals surface area (Å²) in [5, 5.41) is 15.8. The molecule has 1 atom stereocenters. The molecule has 1 aromatic heterocycles. The SMILES string of the molecule is Cc1nc(-c2cccc(NC(=O)N3CCCC(C(=O)O)C3)c2)no1. The molecule has 1 saturated heterocycles. The third-order valence-corrected chi connectivity index (χ3v) is 3.96. The molecule has 1 aliphatic heterocycles. The normalized spacial score (nSPS) is 17.5. The first kappa shape index (κ1) is 16.0. The van der Waals surface area contributed by atoms with E-state index in [0.29, 0.717) is 36.8 Å². The maximum atomic E-state index is 12.4. The zero-order valence-electron chi connectivity index (χ0n) is 13.2. The van der Waals surface area contributed by atoms with Crippen molar-refractivity contribution >= 4 is 17.7 Å². The Morgan fingerprint density at radius 2 is 2.25 bits per heavy atom. The molecule has 0 radical (unpaired) electrons. The van der Waals surface area contributed by atoms with Crippen LogP contribution in [0.15, 0.2) is 28.8 Å². The number of aromatic nitrogens is 2. The number of urea groups is 1. The van der Waals surface area contributed by atoms with Gasteiger partial charge in [-0.25, -0.2) is 4.79 Å². The minimum Gasteiger partial charge on any atom is -0.481 e. The number of carboxylic acid groups (broad SMARTS) is 1. The first-order valence-corrected chi connectivity index (χ1v) is 7.72. The molecule has 0 saturated carbocycles. The van der Waals surface area contributed by atoms with Crippen molar-refractivity contribution in [1.82, 2.24) is 15.0 Å². The second-order valence-corrected chi connectivity index (χ2v) is 5.77. The summed E-state index contributed by atoms with van der Waals surface area (Å²) in [5.74, 6) is -0.444. The molecule has 8 nitrogen and oxygen atoms in total. The molecule has 0 spiro atoms. The van der Waals surface area contributed by atoms with E-state index in [-0.39, 0.29) is 12.6 Å². The number of carbonyl (C=O) groups is 2. The lowest BCUT2D eigenvalue weighted by Gasteiger charge is -2.30. The van der Waals surface area contributed by atoms with Gasteiger partial charge in [0.1, 0.15) is 0 Å². The van der Waals surface area contributed by atoms with E-state index < -0.39 is 11.9 Å². The van der Waals surface area contributed by atoms with Gasteiger partial charge in [-0.05, 0) is 25.0 Å². The summed E-state index contributed by atoms with van der Waals surface area (Å²) in [5.41, 5.74) is 1.32. The van der Waals surface area contributed by atoms with Crippen LogP contribution in [0.4, 0.5) is 10.5 Å².